The van der Waals surface area contributed by atoms with Gasteiger partial charge >= 0.3 is 0 Å². The number of hydrogen-bond acceptors (Lipinski definition) is 4. The van der Waals surface area contributed by atoms with Gasteiger partial charge in [0.2, 0.25) is 9.84 Å². The monoisotopic (exact) mass is 296 g/mol. The third-order valence-corrected chi connectivity index (χ3v) is 2.92. The van der Waals surface area contributed by atoms with Crippen LogP contribution in [-0.4, -0.2) is 20.2 Å². The van der Waals surface area contributed by atoms with Crippen molar-refractivity contribution in [2.45, 2.75) is 0 Å². The summed E-state index contributed by atoms with van der Waals surface area (Å²) in [6.45, 7) is 0. The molecule has 0 saturated heterocycles. The normalized spacial score (nSPS) is 20.8. The van der Waals surface area contributed by atoms with E-state index in [4.69, 9.17) is 5.41 Å². The summed E-state index contributed by atoms with van der Waals surface area (Å²) in [5.41, 5.74) is 1.18. The summed E-state index contributed by atoms with van der Waals surface area (Å²) >= 11 is 1.96. The molecular formula is C6H5IN2O2S. The van der Waals surface area contributed by atoms with Crippen LogP contribution in [0.4, 0.5) is 0 Å². The molecule has 6 heteroatoms. The number of rotatable bonds is 2. The van der Waals surface area contributed by atoms with E-state index in [1.807, 2.05) is 22.6 Å². The zero-order valence-electron chi connectivity index (χ0n) is 5.86. The molecule has 1 rings (SSSR count). The van der Waals surface area contributed by atoms with Crippen LogP contribution in [-0.2, 0) is 9.84 Å². The molecular weight excluding hydrogens is 291 g/mol. The summed E-state index contributed by atoms with van der Waals surface area (Å²) < 4.78 is 23.8. The van der Waals surface area contributed by atoms with Gasteiger partial charge in [-0.15, -0.1) is 0 Å². The molecule has 0 bridgehead atoms. The molecule has 0 spiro atoms. The first-order valence-electron chi connectivity index (χ1n) is 2.92. The quantitative estimate of drug-likeness (QED) is 0.615. The predicted molar refractivity (Wildman–Crippen MR) is 56.4 cm³/mol. The molecule has 0 unspecified atom stereocenters. The molecule has 0 saturated carbocycles. The van der Waals surface area contributed by atoms with Gasteiger partial charge in [0.1, 0.15) is 10.5 Å². The summed E-state index contributed by atoms with van der Waals surface area (Å²) in [6.07, 6.45) is 2.34. The average Bonchev–Trinajstić information content (AvgIpc) is 2.27. The van der Waals surface area contributed by atoms with Gasteiger partial charge in [-0.3, -0.25) is 0 Å². The Kier molecular flexibility index (Phi) is 2.78. The SMILES string of the molecule is N=CC1=C(/C=C\I)N=CS1(=O)=O. The fourth-order valence-electron chi connectivity index (χ4n) is 0.733. The van der Waals surface area contributed by atoms with E-state index in [9.17, 15) is 8.42 Å². The second-order valence-corrected chi connectivity index (χ2v) is 4.43. The minimum absolute atomic E-state index is 0.0459. The number of nitrogens with one attached hydrogen (secondary N) is 1. The van der Waals surface area contributed by atoms with E-state index in [1.54, 1.807) is 10.2 Å². The van der Waals surface area contributed by atoms with Gasteiger partial charge in [-0.1, -0.05) is 22.6 Å². The number of sulfone groups is 1. The highest BCUT2D eigenvalue weighted by Crippen LogP contribution is 2.19. The van der Waals surface area contributed by atoms with Crippen molar-refractivity contribution in [3.63, 3.8) is 0 Å². The largest absolute Gasteiger partial charge is 0.307 e. The summed E-state index contributed by atoms with van der Waals surface area (Å²) in [7, 11) is -3.42. The maximum absolute atomic E-state index is 11.1. The van der Waals surface area contributed by atoms with Crippen LogP contribution in [0, 0.1) is 5.41 Å². The molecule has 0 fully saturated rings. The second kappa shape index (κ2) is 3.48. The molecule has 0 aromatic heterocycles. The van der Waals surface area contributed by atoms with E-state index in [2.05, 4.69) is 4.99 Å². The molecule has 1 aliphatic rings. The second-order valence-electron chi connectivity index (χ2n) is 1.97. The fraction of sp³-hybridized carbons (Fsp3) is 0. The highest BCUT2D eigenvalue weighted by molar-refractivity contribution is 14.1. The minimum atomic E-state index is -3.42. The van der Waals surface area contributed by atoms with Crippen LogP contribution in [0.3, 0.4) is 0 Å². The molecule has 0 atom stereocenters. The van der Waals surface area contributed by atoms with E-state index in [0.717, 1.165) is 11.8 Å². The van der Waals surface area contributed by atoms with Crippen LogP contribution >= 0.6 is 22.6 Å². The molecule has 0 aromatic rings. The van der Waals surface area contributed by atoms with E-state index < -0.39 is 9.84 Å². The van der Waals surface area contributed by atoms with Crippen molar-refractivity contribution in [3.05, 3.63) is 20.8 Å². The highest BCUT2D eigenvalue weighted by atomic mass is 127. The zero-order chi connectivity index (χ0) is 9.19. The molecule has 12 heavy (non-hydrogen) atoms. The van der Waals surface area contributed by atoms with E-state index in [0.29, 0.717) is 5.70 Å². The molecule has 0 radical (unpaired) electrons. The molecule has 0 aliphatic carbocycles. The molecule has 1 heterocycles. The first-order valence-corrected chi connectivity index (χ1v) is 5.71. The molecule has 1 N–H and O–H groups in total. The van der Waals surface area contributed by atoms with Crippen LogP contribution in [0.5, 0.6) is 0 Å². The smallest absolute Gasteiger partial charge is 0.220 e. The number of allylic oxidation sites excluding steroid dienone is 2. The number of aliphatic imine (C=N–C) groups is 1. The van der Waals surface area contributed by atoms with Gasteiger partial charge in [0.15, 0.2) is 0 Å². The zero-order valence-corrected chi connectivity index (χ0v) is 8.83. The Balaban J connectivity index is 3.30. The Morgan fingerprint density at radius 3 is 2.75 bits per heavy atom. The van der Waals surface area contributed by atoms with E-state index in [1.165, 1.54) is 0 Å². The maximum Gasteiger partial charge on any atom is 0.220 e. The molecule has 1 aliphatic heterocycles. The summed E-state index contributed by atoms with van der Waals surface area (Å²) in [4.78, 5) is 3.61. The Hall–Kier alpha value is -0.500. The fourth-order valence-corrected chi connectivity index (χ4v) is 2.02. The Morgan fingerprint density at radius 1 is 1.58 bits per heavy atom. The van der Waals surface area contributed by atoms with Crippen LogP contribution in [0.2, 0.25) is 0 Å². The van der Waals surface area contributed by atoms with Crippen LogP contribution in [0.15, 0.2) is 25.8 Å². The van der Waals surface area contributed by atoms with Crippen molar-refractivity contribution in [1.29, 1.82) is 5.41 Å². The lowest BCUT2D eigenvalue weighted by Crippen LogP contribution is -2.01. The number of halogens is 1. The van der Waals surface area contributed by atoms with E-state index in [-0.39, 0.29) is 4.91 Å². The van der Waals surface area contributed by atoms with Crippen molar-refractivity contribution in [1.82, 2.24) is 0 Å². The third-order valence-electron chi connectivity index (χ3n) is 1.24. The van der Waals surface area contributed by atoms with E-state index >= 15 is 0 Å². The lowest BCUT2D eigenvalue weighted by atomic mass is 10.4. The van der Waals surface area contributed by atoms with Crippen molar-refractivity contribution in [3.8, 4) is 0 Å². The minimum Gasteiger partial charge on any atom is -0.307 e. The summed E-state index contributed by atoms with van der Waals surface area (Å²) in [5, 5.41) is 6.89. The van der Waals surface area contributed by atoms with Crippen molar-refractivity contribution >= 4 is 44.2 Å². The van der Waals surface area contributed by atoms with Gasteiger partial charge in [-0.25, -0.2) is 13.4 Å². The van der Waals surface area contributed by atoms with Crippen molar-refractivity contribution in [2.75, 3.05) is 0 Å². The van der Waals surface area contributed by atoms with Gasteiger partial charge in [0.25, 0.3) is 0 Å². The van der Waals surface area contributed by atoms with Crippen LogP contribution < -0.4 is 0 Å². The van der Waals surface area contributed by atoms with Crippen molar-refractivity contribution < 1.29 is 8.42 Å². The number of hydrogen-bond donors (Lipinski definition) is 1. The first kappa shape index (κ1) is 9.59. The molecule has 0 amide bonds. The summed E-state index contributed by atoms with van der Waals surface area (Å²) in [6, 6.07) is 0. The van der Waals surface area contributed by atoms with Crippen molar-refractivity contribution in [2.24, 2.45) is 4.99 Å². The molecule has 0 aromatic carbocycles. The highest BCUT2D eigenvalue weighted by Gasteiger charge is 2.22. The lowest BCUT2D eigenvalue weighted by Gasteiger charge is -1.90. The number of nitrogens with zero attached hydrogens (tertiary/aromatic N) is 1. The topological polar surface area (TPSA) is 70.3 Å². The Morgan fingerprint density at radius 2 is 2.25 bits per heavy atom. The van der Waals surface area contributed by atoms with Gasteiger partial charge in [0, 0.05) is 6.21 Å². The first-order chi connectivity index (χ1) is 5.61. The molecule has 64 valence electrons. The molecule has 4 nitrogen and oxygen atoms in total. The average molecular weight is 296 g/mol. The Labute approximate surface area is 83.6 Å². The van der Waals surface area contributed by atoms with Crippen LogP contribution in [0.25, 0.3) is 0 Å². The van der Waals surface area contributed by atoms with Gasteiger partial charge in [-0.2, -0.15) is 0 Å². The van der Waals surface area contributed by atoms with Gasteiger partial charge in [0.05, 0.1) is 5.70 Å². The van der Waals surface area contributed by atoms with Gasteiger partial charge < -0.3 is 5.41 Å². The Bertz CT molecular complexity index is 392. The lowest BCUT2D eigenvalue weighted by molar-refractivity contribution is 0.615. The van der Waals surface area contributed by atoms with Gasteiger partial charge in [-0.05, 0) is 10.2 Å². The maximum atomic E-state index is 11.1. The predicted octanol–water partition coefficient (Wildman–Crippen LogP) is 1.25. The van der Waals surface area contributed by atoms with Crippen LogP contribution in [0.1, 0.15) is 0 Å². The standard InChI is InChI=1S/C6H5IN2O2S/c7-2-1-5-6(3-8)12(10,11)4-9-5/h1-4,8H/b2-1-,8-3?. The third kappa shape index (κ3) is 1.63. The summed E-state index contributed by atoms with van der Waals surface area (Å²) in [5.74, 6) is 0.